The van der Waals surface area contributed by atoms with E-state index in [1.807, 2.05) is 78.7 Å². The Morgan fingerprint density at radius 1 is 0.551 bits per heavy atom. The molecule has 15 heteroatoms. The summed E-state index contributed by atoms with van der Waals surface area (Å²) < 4.78 is 0. The molecule has 2 N–H and O–H groups in total. The van der Waals surface area contributed by atoms with Crippen LogP contribution in [0.15, 0.2) is 70.1 Å². The van der Waals surface area contributed by atoms with Crippen molar-refractivity contribution in [3.05, 3.63) is 89.6 Å². The van der Waals surface area contributed by atoms with Gasteiger partial charge < -0.3 is 29.8 Å². The molecule has 0 saturated carbocycles. The Bertz CT molecular complexity index is 1460. The Labute approximate surface area is 309 Å². The normalized spacial score (nSPS) is 16.7. The van der Waals surface area contributed by atoms with Gasteiger partial charge >= 0.3 is 5.24 Å². The molecule has 0 atom stereocenters. The van der Waals surface area contributed by atoms with Crippen LogP contribution in [0, 0.1) is 0 Å². The number of carbonyl (C=O) groups excluding carboxylic acids is 4. The number of carbonyl (C=O) groups is 3. The van der Waals surface area contributed by atoms with E-state index in [2.05, 4.69) is 29.2 Å². The monoisotopic (exact) mass is 763 g/mol. The molecule has 3 amide bonds. The number of nitrogens with one attached hydrogen (secondary N) is 1. The molecule has 0 aliphatic carbocycles. The van der Waals surface area contributed by atoms with Crippen LogP contribution in [0.25, 0.3) is 0 Å². The van der Waals surface area contributed by atoms with Gasteiger partial charge in [0.15, 0.2) is 0 Å². The van der Waals surface area contributed by atoms with E-state index in [9.17, 15) is 14.4 Å². The van der Waals surface area contributed by atoms with Gasteiger partial charge in [0.25, 0.3) is 17.7 Å². The SMILES string of the molecule is CN1CCN(C(=O)c2cccs2)CC1.CN1CCN(C(=O)c2cccs2)CC1.O=C(c1cccs1)N1CCNCC1.[OH+]=C(Cl)c1cccs1. The van der Waals surface area contributed by atoms with Gasteiger partial charge in [-0.1, -0.05) is 24.3 Å². The Balaban J connectivity index is 0.000000150. The van der Waals surface area contributed by atoms with Crippen molar-refractivity contribution in [1.82, 2.24) is 29.8 Å². The highest BCUT2D eigenvalue weighted by atomic mass is 35.5. The Morgan fingerprint density at radius 2 is 0.857 bits per heavy atom. The molecular weight excluding hydrogens is 720 g/mol. The lowest BCUT2D eigenvalue weighted by molar-refractivity contribution is 0.0662. The van der Waals surface area contributed by atoms with Crippen molar-refractivity contribution >= 4 is 79.9 Å². The van der Waals surface area contributed by atoms with Gasteiger partial charge in [-0.3, -0.25) is 19.2 Å². The average Bonchev–Trinajstić information content (AvgIpc) is 3.97. The van der Waals surface area contributed by atoms with Crippen molar-refractivity contribution in [1.29, 1.82) is 0 Å². The van der Waals surface area contributed by atoms with Gasteiger partial charge in [-0.15, -0.1) is 45.3 Å². The molecule has 3 aliphatic rings. The zero-order valence-electron chi connectivity index (χ0n) is 27.8. The number of amides is 3. The van der Waals surface area contributed by atoms with E-state index in [-0.39, 0.29) is 23.0 Å². The first-order valence-corrected chi connectivity index (χ1v) is 19.9. The number of thiophene rings is 4. The minimum Gasteiger partial charge on any atom is -0.335 e. The van der Waals surface area contributed by atoms with E-state index < -0.39 is 0 Å². The minimum absolute atomic E-state index is 0.125. The van der Waals surface area contributed by atoms with Crippen LogP contribution < -0.4 is 5.32 Å². The van der Waals surface area contributed by atoms with Crippen LogP contribution in [0.5, 0.6) is 0 Å². The zero-order chi connectivity index (χ0) is 35.0. The van der Waals surface area contributed by atoms with Crippen molar-refractivity contribution in [2.45, 2.75) is 0 Å². The average molecular weight is 764 g/mol. The predicted molar refractivity (Wildman–Crippen MR) is 205 cm³/mol. The van der Waals surface area contributed by atoms with Crippen LogP contribution in [0.3, 0.4) is 0 Å². The number of piperazine rings is 3. The molecule has 0 spiro atoms. The standard InChI is InChI=1S/2C10H14N2OS.C9H12N2OS.C5H3ClOS/c2*1-11-4-6-12(7-5-11)10(13)9-3-2-8-14-9;12-9(8-2-1-7-13-8)11-5-3-10-4-6-11;6-5(7)4-2-1-3-8-4/h2*2-3,8H,4-7H2,1H3;1-2,7,10H,3-6H2;1-3H/p+1. The summed E-state index contributed by atoms with van der Waals surface area (Å²) in [5.74, 6) is 0.553. The summed E-state index contributed by atoms with van der Waals surface area (Å²) in [6, 6.07) is 15.0. The van der Waals surface area contributed by atoms with Crippen LogP contribution >= 0.6 is 56.9 Å². The molecule has 0 radical (unpaired) electrons. The second-order valence-electron chi connectivity index (χ2n) is 11.4. The Hall–Kier alpha value is -2.95. The molecule has 49 heavy (non-hydrogen) atoms. The van der Waals surface area contributed by atoms with E-state index in [0.717, 1.165) is 93.2 Å². The van der Waals surface area contributed by atoms with Gasteiger partial charge in [0.05, 0.1) is 14.6 Å². The summed E-state index contributed by atoms with van der Waals surface area (Å²) in [7, 11) is 4.18. The van der Waals surface area contributed by atoms with Gasteiger partial charge in [-0.25, -0.2) is 0 Å². The largest absolute Gasteiger partial charge is 0.428 e. The fourth-order valence-electron chi connectivity index (χ4n) is 4.95. The number of hydrogen-bond donors (Lipinski definition) is 1. The van der Waals surface area contributed by atoms with Gasteiger partial charge in [0, 0.05) is 90.1 Å². The summed E-state index contributed by atoms with van der Waals surface area (Å²) >= 11 is 11.2. The van der Waals surface area contributed by atoms with Crippen LogP contribution in [0.2, 0.25) is 0 Å². The summed E-state index contributed by atoms with van der Waals surface area (Å²) in [6.45, 7) is 10.8. The molecule has 10 nitrogen and oxygen atoms in total. The van der Waals surface area contributed by atoms with Crippen molar-refractivity contribution in [3.8, 4) is 0 Å². The van der Waals surface area contributed by atoms with Gasteiger partial charge in [-0.05, 0) is 59.9 Å². The molecule has 264 valence electrons. The van der Waals surface area contributed by atoms with E-state index in [4.69, 9.17) is 16.4 Å². The molecule has 3 fully saturated rings. The molecule has 3 aliphatic heterocycles. The zero-order valence-corrected chi connectivity index (χ0v) is 31.9. The van der Waals surface area contributed by atoms with Crippen LogP contribution in [0.4, 0.5) is 0 Å². The molecule has 3 saturated heterocycles. The first-order valence-electron chi connectivity index (χ1n) is 16.0. The number of nitrogens with zero attached hydrogens (tertiary/aromatic N) is 5. The Kier molecular flexibility index (Phi) is 16.4. The third kappa shape index (κ3) is 12.7. The van der Waals surface area contributed by atoms with Crippen LogP contribution in [0.1, 0.15) is 33.9 Å². The second kappa shape index (κ2) is 20.7. The fourth-order valence-corrected chi connectivity index (χ4v) is 7.78. The maximum atomic E-state index is 11.9. The fraction of sp³-hybridized carbons (Fsp3) is 0.412. The number of halogens is 1. The number of rotatable bonds is 4. The molecule has 7 heterocycles. The van der Waals surface area contributed by atoms with E-state index in [0.29, 0.717) is 4.88 Å². The molecule has 0 aromatic carbocycles. The lowest BCUT2D eigenvalue weighted by Gasteiger charge is -2.32. The van der Waals surface area contributed by atoms with E-state index in [1.54, 1.807) is 6.07 Å². The molecule has 7 rings (SSSR count). The highest BCUT2D eigenvalue weighted by Crippen LogP contribution is 2.15. The highest BCUT2D eigenvalue weighted by Gasteiger charge is 2.22. The van der Waals surface area contributed by atoms with Crippen molar-refractivity contribution in [2.75, 3.05) is 92.6 Å². The summed E-state index contributed by atoms with van der Waals surface area (Å²) in [4.78, 5) is 57.7. The summed E-state index contributed by atoms with van der Waals surface area (Å²) in [5, 5.41) is 10.8. The second-order valence-corrected chi connectivity index (χ2v) is 15.6. The number of likely N-dealkylation sites (N-methyl/N-ethyl adjacent to an activating group) is 2. The van der Waals surface area contributed by atoms with Crippen molar-refractivity contribution < 1.29 is 19.2 Å². The molecule has 0 bridgehead atoms. The van der Waals surface area contributed by atoms with Gasteiger partial charge in [0.1, 0.15) is 4.88 Å². The predicted octanol–water partition coefficient (Wildman–Crippen LogP) is 4.90. The first kappa shape index (κ1) is 38.8. The molecule has 0 unspecified atom stereocenters. The minimum atomic E-state index is -0.125. The smallest absolute Gasteiger partial charge is 0.335 e. The number of hydrogen-bond acceptors (Lipinski definition) is 10. The van der Waals surface area contributed by atoms with Crippen LogP contribution in [-0.4, -0.2) is 145 Å². The maximum Gasteiger partial charge on any atom is 0.428 e. The highest BCUT2D eigenvalue weighted by molar-refractivity contribution is 7.14. The van der Waals surface area contributed by atoms with E-state index >= 15 is 0 Å². The Morgan fingerprint density at radius 3 is 1.12 bits per heavy atom. The third-order valence-electron chi connectivity index (χ3n) is 7.91. The summed E-state index contributed by atoms with van der Waals surface area (Å²) in [6.07, 6.45) is 0. The topological polar surface area (TPSA) is 101 Å². The molecule has 4 aromatic rings. The first-order chi connectivity index (χ1) is 23.7. The lowest BCUT2D eigenvalue weighted by Crippen LogP contribution is -2.46. The quantitative estimate of drug-likeness (QED) is 0.235. The van der Waals surface area contributed by atoms with E-state index in [1.165, 1.54) is 45.3 Å². The van der Waals surface area contributed by atoms with Crippen LogP contribution in [-0.2, 0) is 0 Å². The molecule has 4 aromatic heterocycles. The third-order valence-corrected chi connectivity index (χ3v) is 11.7. The summed E-state index contributed by atoms with van der Waals surface area (Å²) in [5.41, 5.74) is 0. The lowest BCUT2D eigenvalue weighted by atomic mass is 10.3. The molecular formula is C34H44ClN6O4S4+. The van der Waals surface area contributed by atoms with Gasteiger partial charge in [0.2, 0.25) is 0 Å². The maximum absolute atomic E-state index is 11.9. The van der Waals surface area contributed by atoms with Gasteiger partial charge in [-0.2, -0.15) is 0 Å². The van der Waals surface area contributed by atoms with Crippen molar-refractivity contribution in [3.63, 3.8) is 0 Å². The van der Waals surface area contributed by atoms with Crippen molar-refractivity contribution in [2.24, 2.45) is 0 Å².